The lowest BCUT2D eigenvalue weighted by molar-refractivity contribution is -0.302. The van der Waals surface area contributed by atoms with E-state index >= 15 is 0 Å². The van der Waals surface area contributed by atoms with Gasteiger partial charge in [-0.05, 0) is 61.4 Å². The van der Waals surface area contributed by atoms with E-state index in [0.717, 1.165) is 56.8 Å². The Morgan fingerprint density at radius 1 is 0.932 bits per heavy atom. The average Bonchev–Trinajstić information content (AvgIpc) is 3.01. The van der Waals surface area contributed by atoms with E-state index in [-0.39, 0.29) is 24.1 Å². The molecule has 0 spiro atoms. The van der Waals surface area contributed by atoms with Crippen LogP contribution < -0.4 is 21.6 Å². The topological polar surface area (TPSA) is 154 Å². The largest absolute Gasteiger partial charge is 0.550 e. The number of benzene rings is 3. The number of aliphatic carboxylic acids is 1. The number of hydrogen-bond acceptors (Lipinski definition) is 6. The Balaban J connectivity index is 0.00000124. The highest BCUT2D eigenvalue weighted by Gasteiger charge is 2.34. The Labute approximate surface area is 259 Å². The summed E-state index contributed by atoms with van der Waals surface area (Å²) >= 11 is 0. The molecule has 1 atom stereocenters. The number of carbonyl (C=O) groups excluding carboxylic acids is 3. The van der Waals surface area contributed by atoms with Crippen molar-refractivity contribution in [3.8, 4) is 0 Å². The highest BCUT2D eigenvalue weighted by molar-refractivity contribution is 5.92. The second-order valence-corrected chi connectivity index (χ2v) is 10.6. The number of nitrogens with two attached hydrogens (primary N) is 2. The van der Waals surface area contributed by atoms with Gasteiger partial charge in [0.05, 0.1) is 25.1 Å². The monoisotopic (exact) mass is 601 g/mol. The zero-order valence-corrected chi connectivity index (χ0v) is 25.3. The predicted molar refractivity (Wildman–Crippen MR) is 166 cm³/mol. The number of hydrazine groups is 1. The van der Waals surface area contributed by atoms with Crippen LogP contribution in [0.2, 0.25) is 0 Å². The van der Waals surface area contributed by atoms with E-state index < -0.39 is 12.1 Å². The molecule has 10 heteroatoms. The molecule has 0 saturated carbocycles. The lowest BCUT2D eigenvalue weighted by Crippen LogP contribution is -2.57. The maximum atomic E-state index is 13.5. The average molecular weight is 602 g/mol. The van der Waals surface area contributed by atoms with E-state index in [1.54, 1.807) is 0 Å². The van der Waals surface area contributed by atoms with Crippen LogP contribution in [0.1, 0.15) is 48.4 Å². The van der Waals surface area contributed by atoms with Gasteiger partial charge in [0, 0.05) is 25.6 Å². The van der Waals surface area contributed by atoms with Gasteiger partial charge in [-0.1, -0.05) is 72.8 Å². The van der Waals surface area contributed by atoms with Crippen molar-refractivity contribution in [1.82, 2.24) is 15.3 Å². The number of nitrogens with one attached hydrogen (secondary N) is 1. The molecule has 0 aliphatic carbocycles. The molecule has 1 heterocycles. The van der Waals surface area contributed by atoms with Gasteiger partial charge in [-0.15, -0.1) is 0 Å². The van der Waals surface area contributed by atoms with E-state index in [0.29, 0.717) is 19.7 Å². The number of carboxylic acid groups (broad SMARTS) is 1. The molecule has 1 aliphatic heterocycles. The third-order valence-electron chi connectivity index (χ3n) is 7.09. The van der Waals surface area contributed by atoms with Gasteiger partial charge in [-0.3, -0.25) is 25.7 Å². The molecule has 0 aromatic heterocycles. The van der Waals surface area contributed by atoms with Crippen molar-refractivity contribution in [2.45, 2.75) is 51.7 Å². The zero-order valence-electron chi connectivity index (χ0n) is 25.3. The van der Waals surface area contributed by atoms with Crippen LogP contribution in [0.15, 0.2) is 84.9 Å². The highest BCUT2D eigenvalue weighted by Crippen LogP contribution is 2.16. The number of aryl methyl sites for hydroxylation is 2. The van der Waals surface area contributed by atoms with Crippen molar-refractivity contribution in [2.24, 2.45) is 5.73 Å². The van der Waals surface area contributed by atoms with Crippen LogP contribution >= 0.6 is 0 Å². The summed E-state index contributed by atoms with van der Waals surface area (Å²) in [5, 5.41) is 21.4. The van der Waals surface area contributed by atoms with Crippen LogP contribution in [0.3, 0.4) is 0 Å². The van der Waals surface area contributed by atoms with Crippen molar-refractivity contribution in [3.63, 3.8) is 0 Å². The minimum atomic E-state index is -1.08. The molecular weight excluding hydrogens is 558 g/mol. The molecule has 1 aliphatic rings. The molecule has 1 saturated heterocycles. The Morgan fingerprint density at radius 3 is 1.95 bits per heavy atom. The number of amides is 2. The fraction of sp³-hybridized carbons (Fsp3) is 0.353. The molecule has 5 N–H and O–H groups in total. The minimum Gasteiger partial charge on any atom is -0.550 e. The molecule has 10 nitrogen and oxygen atoms in total. The number of morpholine rings is 1. The van der Waals surface area contributed by atoms with Crippen molar-refractivity contribution in [2.75, 3.05) is 26.2 Å². The highest BCUT2D eigenvalue weighted by atomic mass is 16.5. The molecule has 3 aromatic rings. The molecule has 0 bridgehead atoms. The summed E-state index contributed by atoms with van der Waals surface area (Å²) in [4.78, 5) is 35.1. The molecule has 0 unspecified atom stereocenters. The van der Waals surface area contributed by atoms with Crippen molar-refractivity contribution in [1.29, 1.82) is 0 Å². The van der Waals surface area contributed by atoms with Crippen LogP contribution in [0.4, 0.5) is 0 Å². The smallest absolute Gasteiger partial charge is 0.270 e. The van der Waals surface area contributed by atoms with Gasteiger partial charge >= 0.3 is 0 Å². The first-order valence-corrected chi connectivity index (χ1v) is 14.9. The predicted octanol–water partition coefficient (Wildman–Crippen LogP) is 0.624. The molecular formula is C34H43N5O5. The Bertz CT molecular complexity index is 1290. The van der Waals surface area contributed by atoms with Crippen molar-refractivity contribution < 1.29 is 29.6 Å². The van der Waals surface area contributed by atoms with Gasteiger partial charge in [-0.25, -0.2) is 5.01 Å². The summed E-state index contributed by atoms with van der Waals surface area (Å²) in [5.74, 6) is -1.21. The van der Waals surface area contributed by atoms with E-state index in [1.807, 2.05) is 41.4 Å². The normalized spacial score (nSPS) is 14.5. The number of nitrogens with zero attached hydrogens (tertiary/aromatic N) is 2. The summed E-state index contributed by atoms with van der Waals surface area (Å²) in [7, 11) is 0. The first-order valence-electron chi connectivity index (χ1n) is 14.9. The number of carboxylic acids is 1. The number of ether oxygens (including phenoxy) is 1. The van der Waals surface area contributed by atoms with Gasteiger partial charge < -0.3 is 20.0 Å². The molecule has 0 radical (unpaired) electrons. The van der Waals surface area contributed by atoms with Gasteiger partial charge in [-0.2, -0.15) is 0 Å². The summed E-state index contributed by atoms with van der Waals surface area (Å²) in [6, 6.07) is 28.1. The number of amidine groups is 1. The van der Waals surface area contributed by atoms with Crippen LogP contribution in [0.25, 0.3) is 0 Å². The first kappa shape index (κ1) is 34.0. The maximum Gasteiger partial charge on any atom is 0.270 e. The second-order valence-electron chi connectivity index (χ2n) is 10.6. The molecule has 234 valence electrons. The number of hydrogen-bond donors (Lipinski definition) is 3. The fourth-order valence-electron chi connectivity index (χ4n) is 4.89. The third kappa shape index (κ3) is 12.0. The van der Waals surface area contributed by atoms with Gasteiger partial charge in [0.2, 0.25) is 5.91 Å². The van der Waals surface area contributed by atoms with Crippen LogP contribution in [0, 0.1) is 0 Å². The van der Waals surface area contributed by atoms with Crippen molar-refractivity contribution >= 4 is 23.6 Å². The van der Waals surface area contributed by atoms with E-state index in [1.165, 1.54) is 11.1 Å². The van der Waals surface area contributed by atoms with Gasteiger partial charge in [0.1, 0.15) is 6.10 Å². The van der Waals surface area contributed by atoms with Crippen LogP contribution in [0.5, 0.6) is 0 Å². The Kier molecular flexibility index (Phi) is 14.0. The van der Waals surface area contributed by atoms with Gasteiger partial charge in [0.15, 0.2) is 0 Å². The Hall–Kier alpha value is -4.54. The molecule has 2 amide bonds. The molecule has 44 heavy (non-hydrogen) atoms. The summed E-state index contributed by atoms with van der Waals surface area (Å²) in [6.07, 6.45) is 2.93. The zero-order chi connectivity index (χ0) is 31.7. The van der Waals surface area contributed by atoms with E-state index in [2.05, 4.69) is 58.9 Å². The number of carbonyl (C=O) groups is 3. The first-order chi connectivity index (χ1) is 21.2. The summed E-state index contributed by atoms with van der Waals surface area (Å²) in [5.41, 5.74) is 9.85. The standard InChI is InChI=1S/C32H39N5O3.C2H4O2/c33-31(34)28-17-15-27(16-18-28)24-35-30(38)23-29-32(39)37(21-22-40-29)36(19-7-13-25-9-3-1-4-10-25)20-8-14-26-11-5-2-6-12-26;1-2(3)4/h1-6,9-12,15-18,29H,7-8,13-14,19-24H2,(H3,33,34)(H,35,38);1H3,(H,3,4)/t29-;/m1./s1. The SMILES string of the molecule is CC(=O)[O-].NC(=[NH2+])c1ccc(CNC(=O)C[C@H]2OCCN(N(CCCc3ccccc3)CCCc3ccccc3)C2=O)cc1. The maximum absolute atomic E-state index is 13.5. The van der Waals surface area contributed by atoms with E-state index in [9.17, 15) is 9.59 Å². The van der Waals surface area contributed by atoms with Gasteiger partial charge in [0.25, 0.3) is 11.7 Å². The summed E-state index contributed by atoms with van der Waals surface area (Å²) < 4.78 is 5.77. The minimum absolute atomic E-state index is 0.0151. The lowest BCUT2D eigenvalue weighted by Gasteiger charge is -2.40. The quantitative estimate of drug-likeness (QED) is 0.181. The van der Waals surface area contributed by atoms with Crippen molar-refractivity contribution in [3.05, 3.63) is 107 Å². The van der Waals surface area contributed by atoms with Crippen LogP contribution in [-0.2, 0) is 38.5 Å². The molecule has 3 aromatic carbocycles. The molecule has 1 fully saturated rings. The molecule has 4 rings (SSSR count). The second kappa shape index (κ2) is 18.2. The fourth-order valence-corrected chi connectivity index (χ4v) is 4.89. The lowest BCUT2D eigenvalue weighted by atomic mass is 10.1. The summed E-state index contributed by atoms with van der Waals surface area (Å²) in [6.45, 7) is 3.72. The Morgan fingerprint density at radius 2 is 1.45 bits per heavy atom. The van der Waals surface area contributed by atoms with Crippen LogP contribution in [-0.4, -0.2) is 66.0 Å². The number of rotatable bonds is 14. The van der Waals surface area contributed by atoms with E-state index in [4.69, 9.17) is 25.8 Å². The third-order valence-corrected chi connectivity index (χ3v) is 7.09.